The Morgan fingerprint density at radius 1 is 1.40 bits per heavy atom. The molecule has 0 unspecified atom stereocenters. The van der Waals surface area contributed by atoms with E-state index in [0.29, 0.717) is 0 Å². The van der Waals surface area contributed by atoms with Crippen molar-refractivity contribution in [1.82, 2.24) is 20.3 Å². The molecule has 20 heavy (non-hydrogen) atoms. The molecule has 1 saturated heterocycles. The van der Waals surface area contributed by atoms with Gasteiger partial charge in [-0.05, 0) is 28.1 Å². The first-order valence-electron chi connectivity index (χ1n) is 5.88. The van der Waals surface area contributed by atoms with E-state index in [9.17, 15) is 13.6 Å². The molecule has 0 bridgehead atoms. The summed E-state index contributed by atoms with van der Waals surface area (Å²) >= 11 is 2.93. The normalized spacial score (nSPS) is 15.2. The molecule has 1 aromatic heterocycles. The van der Waals surface area contributed by atoms with Crippen molar-refractivity contribution in [2.45, 2.75) is 6.04 Å². The number of carbonyl (C=O) groups is 1. The molecule has 5 nitrogen and oxygen atoms in total. The number of nitrogens with one attached hydrogen (secondary N) is 1. The smallest absolute Gasteiger partial charge is 0.220 e. The van der Waals surface area contributed by atoms with Crippen molar-refractivity contribution < 1.29 is 13.6 Å². The number of rotatable bonds is 3. The van der Waals surface area contributed by atoms with E-state index in [1.807, 2.05) is 0 Å². The highest BCUT2D eigenvalue weighted by molar-refractivity contribution is 9.10. The van der Waals surface area contributed by atoms with Crippen molar-refractivity contribution in [3.63, 3.8) is 0 Å². The van der Waals surface area contributed by atoms with E-state index < -0.39 is 23.0 Å². The molecule has 0 saturated carbocycles. The second kappa shape index (κ2) is 5.02. The van der Waals surface area contributed by atoms with Crippen molar-refractivity contribution in [3.8, 4) is 0 Å². The maximum Gasteiger partial charge on any atom is 0.220 e. The minimum absolute atomic E-state index is 0.0258. The maximum absolute atomic E-state index is 13.9. The molecule has 0 spiro atoms. The summed E-state index contributed by atoms with van der Waals surface area (Å²) < 4.78 is 29.1. The Morgan fingerprint density at radius 3 is 2.80 bits per heavy atom. The van der Waals surface area contributed by atoms with Crippen LogP contribution in [0.2, 0.25) is 0 Å². The lowest BCUT2D eigenvalue weighted by atomic mass is 10.1. The van der Waals surface area contributed by atoms with E-state index >= 15 is 0 Å². The van der Waals surface area contributed by atoms with E-state index in [-0.39, 0.29) is 16.2 Å². The van der Waals surface area contributed by atoms with Crippen LogP contribution in [0, 0.1) is 11.6 Å². The number of benzene rings is 1. The summed E-state index contributed by atoms with van der Waals surface area (Å²) in [5.41, 5.74) is -0.703. The lowest BCUT2D eigenvalue weighted by Gasteiger charge is -2.26. The maximum atomic E-state index is 13.9. The van der Waals surface area contributed by atoms with Crippen LogP contribution in [0.3, 0.4) is 0 Å². The second-order valence-electron chi connectivity index (χ2n) is 4.44. The van der Waals surface area contributed by atoms with Gasteiger partial charge in [-0.3, -0.25) is 4.79 Å². The fraction of sp³-hybridized carbons (Fsp3) is 0.250. The van der Waals surface area contributed by atoms with Crippen LogP contribution in [-0.4, -0.2) is 33.9 Å². The minimum atomic E-state index is -0.935. The van der Waals surface area contributed by atoms with E-state index in [1.54, 1.807) is 0 Å². The van der Waals surface area contributed by atoms with Gasteiger partial charge in [-0.25, -0.2) is 13.5 Å². The third-order valence-corrected chi connectivity index (χ3v) is 3.76. The summed E-state index contributed by atoms with van der Waals surface area (Å²) in [6, 6.07) is 2.36. The molecule has 0 aliphatic carbocycles. The molecule has 3 rings (SSSR count). The van der Waals surface area contributed by atoms with Crippen LogP contribution in [0.5, 0.6) is 0 Å². The largest absolute Gasteiger partial charge is 0.312 e. The molecule has 8 heteroatoms. The molecule has 104 valence electrons. The zero-order chi connectivity index (χ0) is 14.3. The van der Waals surface area contributed by atoms with Crippen LogP contribution < -0.4 is 5.32 Å². The van der Waals surface area contributed by atoms with Gasteiger partial charge in [-0.2, -0.15) is 0 Å². The first-order valence-corrected chi connectivity index (χ1v) is 6.68. The van der Waals surface area contributed by atoms with E-state index in [4.69, 9.17) is 0 Å². The highest BCUT2D eigenvalue weighted by Crippen LogP contribution is 2.23. The number of hydrogen-bond donors (Lipinski definition) is 1. The van der Waals surface area contributed by atoms with Crippen molar-refractivity contribution in [2.24, 2.45) is 0 Å². The van der Waals surface area contributed by atoms with Gasteiger partial charge in [0.1, 0.15) is 5.82 Å². The van der Waals surface area contributed by atoms with E-state index in [1.165, 1.54) is 16.9 Å². The topological polar surface area (TPSA) is 59.8 Å². The summed E-state index contributed by atoms with van der Waals surface area (Å²) in [7, 11) is 0. The van der Waals surface area contributed by atoms with Gasteiger partial charge in [0.05, 0.1) is 22.3 Å². The zero-order valence-electron chi connectivity index (χ0n) is 10.1. The number of nitrogens with zero attached hydrogens (tertiary/aromatic N) is 3. The molecular formula is C12H9BrF2N4O. The van der Waals surface area contributed by atoms with Gasteiger partial charge in [0.25, 0.3) is 0 Å². The molecule has 1 aromatic carbocycles. The lowest BCUT2D eigenvalue weighted by molar-refractivity contribution is 0.102. The number of carbonyl (C=O) groups excluding carboxylic acids is 1. The van der Waals surface area contributed by atoms with Gasteiger partial charge in [0, 0.05) is 13.1 Å². The molecule has 2 heterocycles. The third-order valence-electron chi connectivity index (χ3n) is 3.15. The Morgan fingerprint density at radius 2 is 2.15 bits per heavy atom. The molecule has 0 radical (unpaired) electrons. The molecular weight excluding hydrogens is 334 g/mol. The summed E-state index contributed by atoms with van der Waals surface area (Å²) in [6.45, 7) is 1.47. The predicted octanol–water partition coefficient (Wildman–Crippen LogP) is 1.69. The van der Waals surface area contributed by atoms with Crippen LogP contribution in [-0.2, 0) is 0 Å². The minimum Gasteiger partial charge on any atom is -0.312 e. The van der Waals surface area contributed by atoms with Crippen molar-refractivity contribution in [1.29, 1.82) is 0 Å². The van der Waals surface area contributed by atoms with Gasteiger partial charge in [-0.1, -0.05) is 5.21 Å². The summed E-state index contributed by atoms with van der Waals surface area (Å²) in [5.74, 6) is -2.68. The second-order valence-corrected chi connectivity index (χ2v) is 5.30. The average Bonchev–Trinajstić information content (AvgIpc) is 2.81. The highest BCUT2D eigenvalue weighted by atomic mass is 79.9. The summed E-state index contributed by atoms with van der Waals surface area (Å²) in [5, 5.41) is 10.6. The Hall–Kier alpha value is -1.67. The Balaban J connectivity index is 1.96. The first kappa shape index (κ1) is 13.3. The van der Waals surface area contributed by atoms with Gasteiger partial charge in [0.2, 0.25) is 5.78 Å². The number of ketones is 1. The molecule has 1 N–H and O–H groups in total. The molecule has 2 aromatic rings. The average molecular weight is 343 g/mol. The number of aromatic nitrogens is 3. The molecule has 1 aliphatic rings. The van der Waals surface area contributed by atoms with Crippen molar-refractivity contribution >= 4 is 21.7 Å². The predicted molar refractivity (Wildman–Crippen MR) is 69.4 cm³/mol. The van der Waals surface area contributed by atoms with Gasteiger partial charge >= 0.3 is 0 Å². The third kappa shape index (κ3) is 2.14. The SMILES string of the molecule is O=C(c1cn(C2CNC2)nn1)c1c(F)ccc(Br)c1F. The molecule has 1 fully saturated rings. The first-order chi connectivity index (χ1) is 9.58. The van der Waals surface area contributed by atoms with Crippen LogP contribution in [0.4, 0.5) is 8.78 Å². The number of halogens is 3. The summed E-state index contributed by atoms with van der Waals surface area (Å²) in [6.07, 6.45) is 1.41. The van der Waals surface area contributed by atoms with Crippen LogP contribution in [0.1, 0.15) is 22.1 Å². The zero-order valence-corrected chi connectivity index (χ0v) is 11.7. The molecule has 1 aliphatic heterocycles. The van der Waals surface area contributed by atoms with Crippen LogP contribution >= 0.6 is 15.9 Å². The van der Waals surface area contributed by atoms with Crippen molar-refractivity contribution in [2.75, 3.05) is 13.1 Å². The molecule has 0 amide bonds. The number of hydrogen-bond acceptors (Lipinski definition) is 4. The Kier molecular flexibility index (Phi) is 3.35. The highest BCUT2D eigenvalue weighted by Gasteiger charge is 2.26. The molecule has 0 atom stereocenters. The standard InChI is InChI=1S/C12H9BrF2N4O/c13-7-1-2-8(14)10(11(7)15)12(20)9-5-19(18-17-9)6-3-16-4-6/h1-2,5-6,16H,3-4H2. The Labute approximate surface area is 121 Å². The van der Waals surface area contributed by atoms with E-state index in [0.717, 1.165) is 19.2 Å². The van der Waals surface area contributed by atoms with Gasteiger partial charge < -0.3 is 5.32 Å². The van der Waals surface area contributed by atoms with Crippen LogP contribution in [0.25, 0.3) is 0 Å². The Bertz CT molecular complexity index is 684. The van der Waals surface area contributed by atoms with Gasteiger partial charge in [-0.15, -0.1) is 5.10 Å². The quantitative estimate of drug-likeness (QED) is 0.681. The summed E-state index contributed by atoms with van der Waals surface area (Å²) in [4.78, 5) is 12.2. The fourth-order valence-electron chi connectivity index (χ4n) is 1.88. The van der Waals surface area contributed by atoms with Crippen molar-refractivity contribution in [3.05, 3.63) is 45.7 Å². The lowest BCUT2D eigenvalue weighted by Crippen LogP contribution is -2.43. The monoisotopic (exact) mass is 342 g/mol. The van der Waals surface area contributed by atoms with Crippen LogP contribution in [0.15, 0.2) is 22.8 Å². The van der Waals surface area contributed by atoms with Gasteiger partial charge in [0.15, 0.2) is 11.5 Å². The fourth-order valence-corrected chi connectivity index (χ4v) is 2.21. The van der Waals surface area contributed by atoms with E-state index in [2.05, 4.69) is 31.6 Å².